The fourth-order valence-corrected chi connectivity index (χ4v) is 3.33. The number of H-pyrrole nitrogens is 1. The summed E-state index contributed by atoms with van der Waals surface area (Å²) in [5.41, 5.74) is 2.56. The van der Waals surface area contributed by atoms with Crippen LogP contribution in [-0.2, 0) is 0 Å². The zero-order chi connectivity index (χ0) is 21.2. The number of carbonyl (C=O) groups is 1. The Balaban J connectivity index is 1.25. The van der Waals surface area contributed by atoms with Crippen molar-refractivity contribution in [2.45, 2.75) is 0 Å². The van der Waals surface area contributed by atoms with Crippen LogP contribution in [0.4, 0.5) is 4.39 Å². The molecule has 3 aromatic heterocycles. The van der Waals surface area contributed by atoms with E-state index in [2.05, 4.69) is 25.6 Å². The predicted octanol–water partition coefficient (Wildman–Crippen LogP) is 3.22. The van der Waals surface area contributed by atoms with Crippen LogP contribution >= 0.6 is 0 Å². The van der Waals surface area contributed by atoms with E-state index in [1.54, 1.807) is 30.5 Å². The highest BCUT2D eigenvalue weighted by atomic mass is 19.1. The van der Waals surface area contributed by atoms with Crippen molar-refractivity contribution < 1.29 is 13.9 Å². The normalized spacial score (nSPS) is 11.1. The molecule has 0 saturated carbocycles. The maximum atomic E-state index is 13.6. The van der Waals surface area contributed by atoms with Crippen molar-refractivity contribution in [3.63, 3.8) is 0 Å². The van der Waals surface area contributed by atoms with Gasteiger partial charge in [-0.2, -0.15) is 4.52 Å². The van der Waals surface area contributed by atoms with E-state index in [0.29, 0.717) is 35.0 Å². The third-order valence-corrected chi connectivity index (χ3v) is 4.79. The summed E-state index contributed by atoms with van der Waals surface area (Å²) in [5.74, 6) is 0.197. The second kappa shape index (κ2) is 7.86. The molecule has 0 aliphatic heterocycles. The number of amides is 1. The lowest BCUT2D eigenvalue weighted by molar-refractivity contribution is 0.0948. The number of aromatic nitrogens is 5. The molecule has 5 aromatic rings. The van der Waals surface area contributed by atoms with Crippen molar-refractivity contribution in [1.82, 2.24) is 30.1 Å². The average molecular weight is 416 g/mol. The number of nitrogens with one attached hydrogen (secondary N) is 2. The Morgan fingerprint density at radius 2 is 2.00 bits per heavy atom. The Morgan fingerprint density at radius 3 is 2.90 bits per heavy atom. The van der Waals surface area contributed by atoms with E-state index in [4.69, 9.17) is 4.74 Å². The van der Waals surface area contributed by atoms with Crippen LogP contribution < -0.4 is 10.1 Å². The van der Waals surface area contributed by atoms with Crippen molar-refractivity contribution in [3.8, 4) is 17.3 Å². The van der Waals surface area contributed by atoms with E-state index in [1.807, 2.05) is 24.3 Å². The molecule has 0 unspecified atom stereocenters. The van der Waals surface area contributed by atoms with Crippen molar-refractivity contribution >= 4 is 22.5 Å². The molecule has 0 aliphatic rings. The van der Waals surface area contributed by atoms with Crippen LogP contribution in [0.15, 0.2) is 66.9 Å². The summed E-state index contributed by atoms with van der Waals surface area (Å²) >= 11 is 0. The maximum Gasteiger partial charge on any atom is 0.253 e. The third kappa shape index (κ3) is 3.68. The van der Waals surface area contributed by atoms with Crippen LogP contribution in [0.25, 0.3) is 27.9 Å². The van der Waals surface area contributed by atoms with Crippen molar-refractivity contribution in [2.75, 3.05) is 13.2 Å². The summed E-state index contributed by atoms with van der Waals surface area (Å²) in [6, 6.07) is 17.0. The van der Waals surface area contributed by atoms with Gasteiger partial charge in [0.15, 0.2) is 11.5 Å². The number of halogens is 1. The van der Waals surface area contributed by atoms with Crippen LogP contribution in [0.2, 0.25) is 0 Å². The molecule has 1 amide bonds. The molecule has 2 aromatic carbocycles. The largest absolute Gasteiger partial charge is 0.475 e. The van der Waals surface area contributed by atoms with Crippen LogP contribution in [0, 0.1) is 5.82 Å². The van der Waals surface area contributed by atoms with Gasteiger partial charge in [0, 0.05) is 28.7 Å². The Hall–Kier alpha value is -4.27. The predicted molar refractivity (Wildman–Crippen MR) is 112 cm³/mol. The second-order valence-electron chi connectivity index (χ2n) is 6.83. The highest BCUT2D eigenvalue weighted by Gasteiger charge is 2.13. The van der Waals surface area contributed by atoms with E-state index in [1.165, 1.54) is 16.6 Å². The zero-order valence-electron chi connectivity index (χ0n) is 16.2. The van der Waals surface area contributed by atoms with Crippen molar-refractivity contribution in [1.29, 1.82) is 0 Å². The molecule has 31 heavy (non-hydrogen) atoms. The summed E-state index contributed by atoms with van der Waals surface area (Å²) in [7, 11) is 0. The number of benzene rings is 2. The number of hydrogen-bond donors (Lipinski definition) is 2. The number of hydrogen-bond acceptors (Lipinski definition) is 5. The molecule has 9 heteroatoms. The molecular weight excluding hydrogens is 399 g/mol. The van der Waals surface area contributed by atoms with Gasteiger partial charge in [0.1, 0.15) is 12.4 Å². The van der Waals surface area contributed by atoms with Gasteiger partial charge >= 0.3 is 0 Å². The molecule has 2 N–H and O–H groups in total. The molecule has 3 heterocycles. The molecule has 154 valence electrons. The Labute approximate surface area is 175 Å². The number of aromatic amines is 1. The standard InChI is InChI=1S/C22H17FN6O2/c23-15-5-3-4-14(12-15)21-27-26-19-8-9-20(28-29(19)21)31-11-10-24-22(30)17-13-25-18-7-2-1-6-16(17)18/h1-9,12-13,25H,10-11H2,(H,24,30). The average Bonchev–Trinajstić information content (AvgIpc) is 3.40. The molecule has 0 fully saturated rings. The summed E-state index contributed by atoms with van der Waals surface area (Å²) in [5, 5.41) is 16.2. The molecule has 5 rings (SSSR count). The minimum atomic E-state index is -0.368. The van der Waals surface area contributed by atoms with Crippen LogP contribution in [0.1, 0.15) is 10.4 Å². The first kappa shape index (κ1) is 18.7. The molecule has 0 saturated heterocycles. The van der Waals surface area contributed by atoms with Crippen molar-refractivity contribution in [3.05, 3.63) is 78.2 Å². The molecule has 0 spiro atoms. The molecular formula is C22H17FN6O2. The molecule has 0 aliphatic carbocycles. The van der Waals surface area contributed by atoms with Crippen LogP contribution in [0.5, 0.6) is 5.88 Å². The number of para-hydroxylation sites is 1. The maximum absolute atomic E-state index is 13.6. The summed E-state index contributed by atoms with van der Waals surface area (Å²) in [6.45, 7) is 0.529. The van der Waals surface area contributed by atoms with Gasteiger partial charge in [-0.25, -0.2) is 4.39 Å². The van der Waals surface area contributed by atoms with E-state index >= 15 is 0 Å². The van der Waals surface area contributed by atoms with Gasteiger partial charge < -0.3 is 15.0 Å². The lowest BCUT2D eigenvalue weighted by Crippen LogP contribution is -2.28. The van der Waals surface area contributed by atoms with Gasteiger partial charge in [-0.15, -0.1) is 15.3 Å². The Bertz CT molecular complexity index is 1390. The first-order chi connectivity index (χ1) is 15.2. The minimum Gasteiger partial charge on any atom is -0.475 e. The Morgan fingerprint density at radius 1 is 1.10 bits per heavy atom. The summed E-state index contributed by atoms with van der Waals surface area (Å²) in [6.07, 6.45) is 1.69. The Kier molecular flexibility index (Phi) is 4.75. The number of fused-ring (bicyclic) bond motifs is 2. The molecule has 0 atom stereocenters. The highest BCUT2D eigenvalue weighted by molar-refractivity contribution is 6.06. The smallest absolute Gasteiger partial charge is 0.253 e. The fraction of sp³-hybridized carbons (Fsp3) is 0.0909. The van der Waals surface area contributed by atoms with Crippen molar-refractivity contribution in [2.24, 2.45) is 0 Å². The summed E-state index contributed by atoms with van der Waals surface area (Å²) < 4.78 is 20.7. The quantitative estimate of drug-likeness (QED) is 0.414. The minimum absolute atomic E-state index is 0.184. The van der Waals surface area contributed by atoms with Crippen LogP contribution in [-0.4, -0.2) is 43.9 Å². The molecule has 8 nitrogen and oxygen atoms in total. The lowest BCUT2D eigenvalue weighted by atomic mass is 10.1. The third-order valence-electron chi connectivity index (χ3n) is 4.79. The zero-order valence-corrected chi connectivity index (χ0v) is 16.2. The van der Waals surface area contributed by atoms with Gasteiger partial charge in [0.05, 0.1) is 12.1 Å². The number of nitrogens with zero attached hydrogens (tertiary/aromatic N) is 4. The topological polar surface area (TPSA) is 97.2 Å². The number of ether oxygens (including phenoxy) is 1. The summed E-state index contributed by atoms with van der Waals surface area (Å²) in [4.78, 5) is 15.5. The fourth-order valence-electron chi connectivity index (χ4n) is 3.33. The molecule has 0 bridgehead atoms. The van der Waals surface area contributed by atoms with Gasteiger partial charge in [-0.05, 0) is 24.3 Å². The van der Waals surface area contributed by atoms with E-state index < -0.39 is 0 Å². The van der Waals surface area contributed by atoms with Gasteiger partial charge in [-0.1, -0.05) is 30.3 Å². The van der Waals surface area contributed by atoms with Gasteiger partial charge in [0.25, 0.3) is 5.91 Å². The SMILES string of the molecule is O=C(NCCOc1ccc2nnc(-c3cccc(F)c3)n2n1)c1c[nH]c2ccccc12. The lowest BCUT2D eigenvalue weighted by Gasteiger charge is -2.07. The monoisotopic (exact) mass is 416 g/mol. The van der Waals surface area contributed by atoms with Gasteiger partial charge in [0.2, 0.25) is 5.88 Å². The highest BCUT2D eigenvalue weighted by Crippen LogP contribution is 2.20. The van der Waals surface area contributed by atoms with Gasteiger partial charge in [-0.3, -0.25) is 4.79 Å². The first-order valence-electron chi connectivity index (χ1n) is 9.64. The van der Waals surface area contributed by atoms with E-state index in [9.17, 15) is 9.18 Å². The van der Waals surface area contributed by atoms with E-state index in [-0.39, 0.29) is 18.3 Å². The number of rotatable bonds is 6. The van der Waals surface area contributed by atoms with Crippen LogP contribution in [0.3, 0.4) is 0 Å². The first-order valence-corrected chi connectivity index (χ1v) is 9.64. The number of carbonyl (C=O) groups excluding carboxylic acids is 1. The molecule has 0 radical (unpaired) electrons. The van der Waals surface area contributed by atoms with E-state index in [0.717, 1.165) is 10.9 Å². The second-order valence-corrected chi connectivity index (χ2v) is 6.83.